The number of nitriles is 1. The molecule has 0 unspecified atom stereocenters. The number of likely N-dealkylation sites (N-methyl/N-ethyl adjacent to an activating group) is 1. The van der Waals surface area contributed by atoms with Crippen LogP contribution in [0, 0.1) is 17.2 Å². The molecule has 1 fully saturated rings. The predicted octanol–water partition coefficient (Wildman–Crippen LogP) is 2.59. The smallest absolute Gasteiger partial charge is 0.235 e. The Morgan fingerprint density at radius 3 is 2.83 bits per heavy atom. The summed E-state index contributed by atoms with van der Waals surface area (Å²) in [5.74, 6) is 0.862. The fraction of sp³-hybridized carbons (Fsp3) is 0.529. The number of carbonyl (C=O) groups is 1. The van der Waals surface area contributed by atoms with Crippen molar-refractivity contribution < 1.29 is 9.53 Å². The van der Waals surface area contributed by atoms with E-state index < -0.39 is 5.54 Å². The molecule has 1 N–H and O–H groups in total. The average Bonchev–Trinajstić information content (AvgIpc) is 3.32. The standard InChI is InChI=1S/C17H22ClN3O2/c1-17(11-19,13-4-5-13)20-16(22)10-21(2)9-12-8-14(18)6-7-15(12)23-3/h6-8,13H,4-5,9-10H2,1-3H3,(H,20,22)/t17-/m0/s1. The lowest BCUT2D eigenvalue weighted by Crippen LogP contribution is -2.49. The SMILES string of the molecule is COc1ccc(Cl)cc1CN(C)CC(=O)N[C@@](C)(C#N)C1CC1. The number of nitrogens with one attached hydrogen (secondary N) is 1. The first-order chi connectivity index (χ1) is 10.9. The number of halogens is 1. The Morgan fingerprint density at radius 2 is 2.26 bits per heavy atom. The molecule has 1 saturated carbocycles. The Morgan fingerprint density at radius 1 is 1.57 bits per heavy atom. The third-order valence-electron chi connectivity index (χ3n) is 4.12. The molecule has 1 aromatic carbocycles. The molecule has 0 aliphatic heterocycles. The molecule has 124 valence electrons. The van der Waals surface area contributed by atoms with Crippen molar-refractivity contribution >= 4 is 17.5 Å². The van der Waals surface area contributed by atoms with Crippen LogP contribution in [0.4, 0.5) is 0 Å². The second kappa shape index (κ2) is 7.20. The van der Waals surface area contributed by atoms with Crippen molar-refractivity contribution in [3.63, 3.8) is 0 Å². The van der Waals surface area contributed by atoms with Crippen molar-refractivity contribution in [1.29, 1.82) is 5.26 Å². The normalized spacial score (nSPS) is 16.5. The van der Waals surface area contributed by atoms with E-state index in [2.05, 4.69) is 11.4 Å². The quantitative estimate of drug-likeness (QED) is 0.831. The molecule has 2 rings (SSSR count). The van der Waals surface area contributed by atoms with Gasteiger partial charge in [-0.25, -0.2) is 0 Å². The minimum Gasteiger partial charge on any atom is -0.496 e. The lowest BCUT2D eigenvalue weighted by Gasteiger charge is -2.25. The van der Waals surface area contributed by atoms with Gasteiger partial charge in [-0.2, -0.15) is 5.26 Å². The number of benzene rings is 1. The van der Waals surface area contributed by atoms with Crippen molar-refractivity contribution in [2.45, 2.75) is 31.8 Å². The van der Waals surface area contributed by atoms with E-state index in [1.807, 2.05) is 24.1 Å². The van der Waals surface area contributed by atoms with Crippen molar-refractivity contribution in [2.24, 2.45) is 5.92 Å². The fourth-order valence-electron chi connectivity index (χ4n) is 2.67. The molecule has 1 atom stereocenters. The molecule has 0 aromatic heterocycles. The Balaban J connectivity index is 1.94. The number of hydrogen-bond donors (Lipinski definition) is 1. The van der Waals surface area contributed by atoms with Crippen LogP contribution >= 0.6 is 11.6 Å². The van der Waals surface area contributed by atoms with Crippen LogP contribution in [0.5, 0.6) is 5.75 Å². The van der Waals surface area contributed by atoms with Crippen LogP contribution in [-0.2, 0) is 11.3 Å². The molecule has 1 aliphatic rings. The number of amides is 1. The molecular formula is C17H22ClN3O2. The largest absolute Gasteiger partial charge is 0.496 e. The van der Waals surface area contributed by atoms with Gasteiger partial charge in [0.15, 0.2) is 0 Å². The van der Waals surface area contributed by atoms with Crippen molar-refractivity contribution in [1.82, 2.24) is 10.2 Å². The highest BCUT2D eigenvalue weighted by Crippen LogP contribution is 2.39. The Bertz CT molecular complexity index is 625. The number of hydrogen-bond acceptors (Lipinski definition) is 4. The van der Waals surface area contributed by atoms with Crippen LogP contribution in [-0.4, -0.2) is 37.0 Å². The van der Waals surface area contributed by atoms with Crippen molar-refractivity contribution in [3.05, 3.63) is 28.8 Å². The number of carbonyl (C=O) groups excluding carboxylic acids is 1. The summed E-state index contributed by atoms with van der Waals surface area (Å²) in [7, 11) is 3.45. The Kier molecular flexibility index (Phi) is 5.51. The summed E-state index contributed by atoms with van der Waals surface area (Å²) in [5, 5.41) is 12.8. The van der Waals surface area contributed by atoms with Crippen LogP contribution < -0.4 is 10.1 Å². The zero-order chi connectivity index (χ0) is 17.0. The van der Waals surface area contributed by atoms with Gasteiger partial charge in [-0.1, -0.05) is 11.6 Å². The van der Waals surface area contributed by atoms with Gasteiger partial charge >= 0.3 is 0 Å². The minimum absolute atomic E-state index is 0.149. The lowest BCUT2D eigenvalue weighted by atomic mass is 9.98. The van der Waals surface area contributed by atoms with Gasteiger partial charge in [0.25, 0.3) is 0 Å². The third-order valence-corrected chi connectivity index (χ3v) is 4.36. The van der Waals surface area contributed by atoms with Crippen molar-refractivity contribution in [2.75, 3.05) is 20.7 Å². The third kappa shape index (κ3) is 4.60. The summed E-state index contributed by atoms with van der Waals surface area (Å²) in [6.45, 7) is 2.53. The maximum absolute atomic E-state index is 12.2. The monoisotopic (exact) mass is 335 g/mol. The minimum atomic E-state index is -0.758. The van der Waals surface area contributed by atoms with Gasteiger partial charge in [-0.05, 0) is 50.9 Å². The molecule has 1 aliphatic carbocycles. The van der Waals surface area contributed by atoms with E-state index in [4.69, 9.17) is 16.3 Å². The topological polar surface area (TPSA) is 65.4 Å². The zero-order valence-corrected chi connectivity index (χ0v) is 14.5. The number of rotatable bonds is 7. The van der Waals surface area contributed by atoms with Gasteiger partial charge in [0, 0.05) is 17.1 Å². The highest BCUT2D eigenvalue weighted by atomic mass is 35.5. The van der Waals surface area contributed by atoms with E-state index in [1.165, 1.54) is 0 Å². The molecule has 0 radical (unpaired) electrons. The second-order valence-electron chi connectivity index (χ2n) is 6.27. The molecule has 0 heterocycles. The number of ether oxygens (including phenoxy) is 1. The van der Waals surface area contributed by atoms with Crippen LogP contribution in [0.2, 0.25) is 5.02 Å². The molecule has 0 bridgehead atoms. The van der Waals surface area contributed by atoms with Crippen LogP contribution in [0.3, 0.4) is 0 Å². The Hall–Kier alpha value is -1.77. The van der Waals surface area contributed by atoms with E-state index in [0.717, 1.165) is 24.2 Å². The van der Waals surface area contributed by atoms with Gasteiger partial charge < -0.3 is 10.1 Å². The molecule has 1 amide bonds. The van der Waals surface area contributed by atoms with Gasteiger partial charge in [-0.15, -0.1) is 0 Å². The van der Waals surface area contributed by atoms with E-state index >= 15 is 0 Å². The summed E-state index contributed by atoms with van der Waals surface area (Å²) in [4.78, 5) is 14.1. The summed E-state index contributed by atoms with van der Waals surface area (Å²) >= 11 is 6.02. The first-order valence-electron chi connectivity index (χ1n) is 7.61. The molecule has 0 saturated heterocycles. The van der Waals surface area contributed by atoms with E-state index in [0.29, 0.717) is 11.6 Å². The van der Waals surface area contributed by atoms with Gasteiger partial charge in [0.1, 0.15) is 11.3 Å². The van der Waals surface area contributed by atoms with E-state index in [9.17, 15) is 10.1 Å². The van der Waals surface area contributed by atoms with E-state index in [-0.39, 0.29) is 18.4 Å². The molecule has 1 aromatic rings. The second-order valence-corrected chi connectivity index (χ2v) is 6.70. The summed E-state index contributed by atoms with van der Waals surface area (Å²) < 4.78 is 5.31. The summed E-state index contributed by atoms with van der Waals surface area (Å²) in [6, 6.07) is 7.64. The lowest BCUT2D eigenvalue weighted by molar-refractivity contribution is -0.123. The average molecular weight is 336 g/mol. The summed E-state index contributed by atoms with van der Waals surface area (Å²) in [6.07, 6.45) is 2.00. The zero-order valence-electron chi connectivity index (χ0n) is 13.7. The molecule has 23 heavy (non-hydrogen) atoms. The van der Waals surface area contributed by atoms with Crippen molar-refractivity contribution in [3.8, 4) is 11.8 Å². The van der Waals surface area contributed by atoms with E-state index in [1.54, 1.807) is 20.1 Å². The fourth-order valence-corrected chi connectivity index (χ4v) is 2.87. The first kappa shape index (κ1) is 17.6. The molecule has 5 nitrogen and oxygen atoms in total. The number of nitrogens with zero attached hydrogens (tertiary/aromatic N) is 2. The Labute approximate surface area is 142 Å². The van der Waals surface area contributed by atoms with Crippen LogP contribution in [0.15, 0.2) is 18.2 Å². The van der Waals surface area contributed by atoms with Crippen LogP contribution in [0.25, 0.3) is 0 Å². The predicted molar refractivity (Wildman–Crippen MR) is 89.2 cm³/mol. The maximum Gasteiger partial charge on any atom is 0.235 e. The van der Waals surface area contributed by atoms with Gasteiger partial charge in [-0.3, -0.25) is 9.69 Å². The molecule has 6 heteroatoms. The molecular weight excluding hydrogens is 314 g/mol. The molecule has 0 spiro atoms. The van der Waals surface area contributed by atoms with Crippen LogP contribution in [0.1, 0.15) is 25.3 Å². The highest BCUT2D eigenvalue weighted by molar-refractivity contribution is 6.30. The maximum atomic E-state index is 12.2. The number of methoxy groups -OCH3 is 1. The van der Waals surface area contributed by atoms with Gasteiger partial charge in [0.05, 0.1) is 19.7 Å². The highest BCUT2D eigenvalue weighted by Gasteiger charge is 2.43. The summed E-state index contributed by atoms with van der Waals surface area (Å²) in [5.41, 5.74) is 0.159. The first-order valence-corrected chi connectivity index (χ1v) is 7.99. The van der Waals surface area contributed by atoms with Gasteiger partial charge in [0.2, 0.25) is 5.91 Å².